The van der Waals surface area contributed by atoms with E-state index in [0.717, 1.165) is 6.07 Å². The van der Waals surface area contributed by atoms with Crippen LogP contribution in [0.2, 0.25) is 0 Å². The molecular formula is C8H8F3NO. The van der Waals surface area contributed by atoms with E-state index in [0.29, 0.717) is 0 Å². The van der Waals surface area contributed by atoms with Crippen LogP contribution < -0.4 is 0 Å². The fourth-order valence-corrected chi connectivity index (χ4v) is 1.12. The Morgan fingerprint density at radius 1 is 1.54 bits per heavy atom. The lowest BCUT2D eigenvalue weighted by Gasteiger charge is -2.08. The Morgan fingerprint density at radius 3 is 2.62 bits per heavy atom. The number of aromatic nitrogens is 1. The molecular weight excluding hydrogens is 183 g/mol. The Hall–Kier alpha value is -1.10. The molecule has 0 aromatic carbocycles. The summed E-state index contributed by atoms with van der Waals surface area (Å²) in [5.74, 6) is -0.856. The number of aliphatic hydroxyl groups excluding tert-OH is 1. The Labute approximate surface area is 73.0 Å². The summed E-state index contributed by atoms with van der Waals surface area (Å²) in [6.45, 7) is 0.670. The summed E-state index contributed by atoms with van der Waals surface area (Å²) in [5, 5.41) is 8.65. The standard InChI is InChI=1S/C8H8F3NO/c1-4-2-6(9)12-5(3-13)7(4)8(10)11/h2,8,13H,3H2,1H3. The SMILES string of the molecule is Cc1cc(F)nc(CO)c1C(F)F. The van der Waals surface area contributed by atoms with Gasteiger partial charge in [0.05, 0.1) is 12.3 Å². The highest BCUT2D eigenvalue weighted by Gasteiger charge is 2.17. The molecule has 0 amide bonds. The monoisotopic (exact) mass is 191 g/mol. The number of halogens is 3. The van der Waals surface area contributed by atoms with Gasteiger partial charge in [-0.1, -0.05) is 0 Å². The average Bonchev–Trinajstić information content (AvgIpc) is 2.01. The number of aryl methyl sites for hydroxylation is 1. The molecule has 1 heterocycles. The number of aliphatic hydroxyl groups is 1. The minimum Gasteiger partial charge on any atom is -0.390 e. The maximum atomic E-state index is 12.6. The van der Waals surface area contributed by atoms with Crippen molar-refractivity contribution >= 4 is 0 Å². The average molecular weight is 191 g/mol. The Morgan fingerprint density at radius 2 is 2.15 bits per heavy atom. The molecule has 2 nitrogen and oxygen atoms in total. The van der Waals surface area contributed by atoms with Gasteiger partial charge < -0.3 is 5.11 Å². The molecule has 0 saturated heterocycles. The number of pyridine rings is 1. The van der Waals surface area contributed by atoms with Crippen LogP contribution in [0.1, 0.15) is 23.2 Å². The van der Waals surface area contributed by atoms with E-state index in [1.165, 1.54) is 6.92 Å². The highest BCUT2D eigenvalue weighted by molar-refractivity contribution is 5.30. The Balaban J connectivity index is 3.30. The quantitative estimate of drug-likeness (QED) is 0.725. The van der Waals surface area contributed by atoms with Gasteiger partial charge in [-0.3, -0.25) is 0 Å². The minimum absolute atomic E-state index is 0.103. The zero-order valence-corrected chi connectivity index (χ0v) is 6.89. The van der Waals surface area contributed by atoms with Gasteiger partial charge in [0.15, 0.2) is 0 Å². The zero-order valence-electron chi connectivity index (χ0n) is 6.89. The highest BCUT2D eigenvalue weighted by Crippen LogP contribution is 2.25. The third-order valence-corrected chi connectivity index (χ3v) is 1.68. The molecule has 72 valence electrons. The summed E-state index contributed by atoms with van der Waals surface area (Å²) in [6, 6.07) is 0.917. The normalized spacial score (nSPS) is 10.9. The molecule has 0 spiro atoms. The van der Waals surface area contributed by atoms with Gasteiger partial charge in [0.25, 0.3) is 6.43 Å². The molecule has 0 aliphatic heterocycles. The van der Waals surface area contributed by atoms with Crippen molar-refractivity contribution in [1.29, 1.82) is 0 Å². The summed E-state index contributed by atoms with van der Waals surface area (Å²) in [6.07, 6.45) is -2.74. The van der Waals surface area contributed by atoms with Crippen LogP contribution in [0.25, 0.3) is 0 Å². The molecule has 1 rings (SSSR count). The lowest BCUT2D eigenvalue weighted by Crippen LogP contribution is -2.03. The lowest BCUT2D eigenvalue weighted by atomic mass is 10.1. The van der Waals surface area contributed by atoms with Gasteiger partial charge in [0.1, 0.15) is 0 Å². The first-order chi connectivity index (χ1) is 6.06. The number of alkyl halides is 2. The van der Waals surface area contributed by atoms with Gasteiger partial charge in [-0.05, 0) is 18.6 Å². The summed E-state index contributed by atoms with van der Waals surface area (Å²) < 4.78 is 37.3. The predicted molar refractivity (Wildman–Crippen MR) is 39.8 cm³/mol. The second-order valence-corrected chi connectivity index (χ2v) is 2.58. The second kappa shape index (κ2) is 3.74. The zero-order chi connectivity index (χ0) is 10.0. The number of hydrogen-bond donors (Lipinski definition) is 1. The van der Waals surface area contributed by atoms with Gasteiger partial charge in [-0.15, -0.1) is 0 Å². The maximum absolute atomic E-state index is 12.6. The number of nitrogens with zero attached hydrogens (tertiary/aromatic N) is 1. The van der Waals surface area contributed by atoms with Crippen molar-refractivity contribution in [3.63, 3.8) is 0 Å². The van der Waals surface area contributed by atoms with Crippen molar-refractivity contribution in [2.75, 3.05) is 0 Å². The van der Waals surface area contributed by atoms with Crippen LogP contribution >= 0.6 is 0 Å². The second-order valence-electron chi connectivity index (χ2n) is 2.58. The van der Waals surface area contributed by atoms with E-state index in [2.05, 4.69) is 4.98 Å². The van der Waals surface area contributed by atoms with E-state index in [1.807, 2.05) is 0 Å². The summed E-state index contributed by atoms with van der Waals surface area (Å²) in [7, 11) is 0. The van der Waals surface area contributed by atoms with Crippen LogP contribution in [-0.2, 0) is 6.61 Å². The number of hydrogen-bond acceptors (Lipinski definition) is 2. The topological polar surface area (TPSA) is 33.1 Å². The first kappa shape index (κ1) is 9.98. The van der Waals surface area contributed by atoms with E-state index in [-0.39, 0.29) is 16.8 Å². The first-order valence-electron chi connectivity index (χ1n) is 3.61. The van der Waals surface area contributed by atoms with E-state index in [4.69, 9.17) is 5.11 Å². The van der Waals surface area contributed by atoms with Gasteiger partial charge in [-0.2, -0.15) is 4.39 Å². The molecule has 0 bridgehead atoms. The molecule has 13 heavy (non-hydrogen) atoms. The molecule has 0 unspecified atom stereocenters. The van der Waals surface area contributed by atoms with Crippen LogP contribution in [0.15, 0.2) is 6.07 Å². The van der Waals surface area contributed by atoms with Crippen LogP contribution in [0.3, 0.4) is 0 Å². The van der Waals surface area contributed by atoms with E-state index < -0.39 is 19.0 Å². The van der Waals surface area contributed by atoms with E-state index in [1.54, 1.807) is 0 Å². The summed E-state index contributed by atoms with van der Waals surface area (Å²) in [5.41, 5.74) is -0.581. The highest BCUT2D eigenvalue weighted by atomic mass is 19.3. The van der Waals surface area contributed by atoms with Crippen molar-refractivity contribution in [3.05, 3.63) is 28.8 Å². The first-order valence-corrected chi connectivity index (χ1v) is 3.61. The molecule has 5 heteroatoms. The van der Waals surface area contributed by atoms with Gasteiger partial charge in [0, 0.05) is 5.56 Å². The molecule has 0 aliphatic carbocycles. The molecule has 0 saturated carbocycles. The van der Waals surface area contributed by atoms with E-state index >= 15 is 0 Å². The molecule has 0 aliphatic rings. The van der Waals surface area contributed by atoms with Crippen LogP contribution in [0.5, 0.6) is 0 Å². The molecule has 0 fully saturated rings. The Bertz CT molecular complexity index is 315. The van der Waals surface area contributed by atoms with Crippen molar-refractivity contribution in [3.8, 4) is 0 Å². The molecule has 1 N–H and O–H groups in total. The van der Waals surface area contributed by atoms with Crippen LogP contribution in [0.4, 0.5) is 13.2 Å². The van der Waals surface area contributed by atoms with Crippen LogP contribution in [-0.4, -0.2) is 10.1 Å². The smallest absolute Gasteiger partial charge is 0.265 e. The lowest BCUT2D eigenvalue weighted by molar-refractivity contribution is 0.145. The third kappa shape index (κ3) is 1.98. The largest absolute Gasteiger partial charge is 0.390 e. The van der Waals surface area contributed by atoms with Crippen molar-refractivity contribution in [1.82, 2.24) is 4.98 Å². The summed E-state index contributed by atoms with van der Waals surface area (Å²) >= 11 is 0. The van der Waals surface area contributed by atoms with Gasteiger partial charge >= 0.3 is 0 Å². The van der Waals surface area contributed by atoms with Crippen molar-refractivity contribution < 1.29 is 18.3 Å². The van der Waals surface area contributed by atoms with Gasteiger partial charge in [0.2, 0.25) is 5.95 Å². The van der Waals surface area contributed by atoms with Crippen molar-refractivity contribution in [2.24, 2.45) is 0 Å². The maximum Gasteiger partial charge on any atom is 0.265 e. The minimum atomic E-state index is -2.74. The van der Waals surface area contributed by atoms with Crippen LogP contribution in [0, 0.1) is 12.9 Å². The fraction of sp³-hybridized carbons (Fsp3) is 0.375. The third-order valence-electron chi connectivity index (χ3n) is 1.68. The van der Waals surface area contributed by atoms with Crippen molar-refractivity contribution in [2.45, 2.75) is 20.0 Å². The number of rotatable bonds is 2. The fourth-order valence-electron chi connectivity index (χ4n) is 1.12. The predicted octanol–water partition coefficient (Wildman–Crippen LogP) is 1.96. The summed E-state index contributed by atoms with van der Waals surface area (Å²) in [4.78, 5) is 3.18. The molecule has 0 atom stereocenters. The van der Waals surface area contributed by atoms with E-state index in [9.17, 15) is 13.2 Å². The van der Waals surface area contributed by atoms with Gasteiger partial charge in [-0.25, -0.2) is 13.8 Å². The molecule has 1 aromatic heterocycles. The molecule has 0 radical (unpaired) electrons. The molecule has 1 aromatic rings. The Kier molecular flexibility index (Phi) is 2.87.